The molecule has 6 heteroatoms. The lowest BCUT2D eigenvalue weighted by atomic mass is 9.70. The molecule has 1 heterocycles. The van der Waals surface area contributed by atoms with Gasteiger partial charge in [0.15, 0.2) is 5.41 Å². The van der Waals surface area contributed by atoms with E-state index in [2.05, 4.69) is 6.92 Å². The summed E-state index contributed by atoms with van der Waals surface area (Å²) in [5.41, 5.74) is -2.35. The lowest BCUT2D eigenvalue weighted by Crippen LogP contribution is -2.62. The highest BCUT2D eigenvalue weighted by molar-refractivity contribution is 6.06. The number of ether oxygens (including phenoxy) is 3. The van der Waals surface area contributed by atoms with Gasteiger partial charge in [-0.3, -0.25) is 14.4 Å². The van der Waals surface area contributed by atoms with Crippen molar-refractivity contribution < 1.29 is 28.6 Å². The second-order valence-electron chi connectivity index (χ2n) is 6.74. The molecule has 0 N–H and O–H groups in total. The first-order valence-electron chi connectivity index (χ1n) is 8.28. The highest BCUT2D eigenvalue weighted by Crippen LogP contribution is 2.62. The van der Waals surface area contributed by atoms with Gasteiger partial charge in [0.05, 0.1) is 14.2 Å². The molecule has 0 amide bonds. The van der Waals surface area contributed by atoms with Crippen LogP contribution in [0, 0.1) is 17.3 Å². The summed E-state index contributed by atoms with van der Waals surface area (Å²) in [5.74, 6) is -2.77. The van der Waals surface area contributed by atoms with E-state index in [9.17, 15) is 14.4 Å². The van der Waals surface area contributed by atoms with E-state index < -0.39 is 34.8 Å². The minimum Gasteiger partial charge on any atom is -0.468 e. The Morgan fingerprint density at radius 1 is 1.17 bits per heavy atom. The van der Waals surface area contributed by atoms with Crippen LogP contribution >= 0.6 is 0 Å². The third-order valence-electron chi connectivity index (χ3n) is 5.51. The van der Waals surface area contributed by atoms with Gasteiger partial charge < -0.3 is 14.2 Å². The van der Waals surface area contributed by atoms with Crippen LogP contribution in [0.2, 0.25) is 0 Å². The van der Waals surface area contributed by atoms with E-state index in [0.29, 0.717) is 0 Å². The highest BCUT2D eigenvalue weighted by Gasteiger charge is 2.78. The fraction of sp³-hybridized carbons (Fsp3) is 0.824. The minimum atomic E-state index is -1.57. The topological polar surface area (TPSA) is 78.9 Å². The zero-order valence-corrected chi connectivity index (χ0v) is 14.3. The lowest BCUT2D eigenvalue weighted by molar-refractivity contribution is -0.225. The lowest BCUT2D eigenvalue weighted by Gasteiger charge is -2.46. The van der Waals surface area contributed by atoms with Crippen LogP contribution in [-0.4, -0.2) is 37.7 Å². The van der Waals surface area contributed by atoms with E-state index in [4.69, 9.17) is 14.2 Å². The Hall–Kier alpha value is -1.59. The van der Waals surface area contributed by atoms with Crippen molar-refractivity contribution in [2.75, 3.05) is 14.2 Å². The predicted molar refractivity (Wildman–Crippen MR) is 81.3 cm³/mol. The molecular weight excluding hydrogens is 300 g/mol. The van der Waals surface area contributed by atoms with Crippen molar-refractivity contribution in [3.63, 3.8) is 0 Å². The van der Waals surface area contributed by atoms with Crippen molar-refractivity contribution in [3.8, 4) is 0 Å². The second-order valence-corrected chi connectivity index (χ2v) is 6.74. The van der Waals surface area contributed by atoms with Crippen molar-refractivity contribution in [3.05, 3.63) is 0 Å². The first-order chi connectivity index (χ1) is 10.9. The fourth-order valence-electron chi connectivity index (χ4n) is 4.29. The van der Waals surface area contributed by atoms with Crippen LogP contribution in [-0.2, 0) is 28.6 Å². The van der Waals surface area contributed by atoms with Crippen LogP contribution in [0.3, 0.4) is 0 Å². The number of methoxy groups -OCH3 is 2. The first-order valence-corrected chi connectivity index (χ1v) is 8.28. The van der Waals surface area contributed by atoms with Crippen LogP contribution in [0.4, 0.5) is 0 Å². The molecule has 0 bridgehead atoms. The molecule has 0 spiro atoms. The quantitative estimate of drug-likeness (QED) is 0.309. The third kappa shape index (κ3) is 2.52. The van der Waals surface area contributed by atoms with Crippen LogP contribution in [0.5, 0.6) is 0 Å². The summed E-state index contributed by atoms with van der Waals surface area (Å²) < 4.78 is 15.1. The van der Waals surface area contributed by atoms with Gasteiger partial charge >= 0.3 is 17.9 Å². The fourth-order valence-corrected chi connectivity index (χ4v) is 4.29. The van der Waals surface area contributed by atoms with Crippen LogP contribution in [0.25, 0.3) is 0 Å². The van der Waals surface area contributed by atoms with Gasteiger partial charge in [-0.2, -0.15) is 0 Å². The summed E-state index contributed by atoms with van der Waals surface area (Å²) in [5, 5.41) is 0. The van der Waals surface area contributed by atoms with E-state index in [-0.39, 0.29) is 12.3 Å². The van der Waals surface area contributed by atoms with E-state index in [0.717, 1.165) is 32.1 Å². The number of fused-ring (bicyclic) bond motifs is 1. The van der Waals surface area contributed by atoms with Crippen molar-refractivity contribution in [1.29, 1.82) is 0 Å². The Bertz CT molecular complexity index is 483. The molecule has 2 rings (SSSR count). The first kappa shape index (κ1) is 17.8. The van der Waals surface area contributed by atoms with Gasteiger partial charge in [-0.15, -0.1) is 0 Å². The minimum absolute atomic E-state index is 0.0414. The SMILES string of the molecule is CCCCCC[C@H]1CC(C(=O)OC)(C(=O)OC)[C@H]2C(=O)O[C@@]12C. The van der Waals surface area contributed by atoms with Gasteiger partial charge in [-0.1, -0.05) is 32.6 Å². The van der Waals surface area contributed by atoms with Gasteiger partial charge in [-0.25, -0.2) is 0 Å². The molecule has 0 unspecified atom stereocenters. The molecule has 1 saturated carbocycles. The maximum absolute atomic E-state index is 12.4. The molecule has 0 radical (unpaired) electrons. The van der Waals surface area contributed by atoms with Gasteiger partial charge in [0.25, 0.3) is 0 Å². The molecule has 0 aromatic rings. The van der Waals surface area contributed by atoms with E-state index in [1.165, 1.54) is 14.2 Å². The number of esters is 3. The predicted octanol–water partition coefficient (Wildman–Crippen LogP) is 2.24. The summed E-state index contributed by atoms with van der Waals surface area (Å²) in [7, 11) is 2.45. The Morgan fingerprint density at radius 2 is 1.78 bits per heavy atom. The van der Waals surface area contributed by atoms with Gasteiger partial charge in [0.2, 0.25) is 0 Å². The second kappa shape index (κ2) is 6.49. The summed E-state index contributed by atoms with van der Waals surface area (Å²) in [6.07, 6.45) is 5.41. The number of unbranched alkanes of at least 4 members (excludes halogenated alkanes) is 3. The van der Waals surface area contributed by atoms with Gasteiger partial charge in [0.1, 0.15) is 11.5 Å². The molecule has 6 nitrogen and oxygen atoms in total. The number of hydrogen-bond acceptors (Lipinski definition) is 6. The normalized spacial score (nSPS) is 30.9. The third-order valence-corrected chi connectivity index (χ3v) is 5.51. The summed E-state index contributed by atoms with van der Waals surface area (Å²) in [6.45, 7) is 3.96. The van der Waals surface area contributed by atoms with E-state index in [1.807, 2.05) is 6.92 Å². The highest BCUT2D eigenvalue weighted by atomic mass is 16.6. The molecule has 0 aromatic carbocycles. The Morgan fingerprint density at radius 3 is 2.26 bits per heavy atom. The van der Waals surface area contributed by atoms with E-state index in [1.54, 1.807) is 0 Å². The molecule has 1 aliphatic heterocycles. The Labute approximate surface area is 136 Å². The molecule has 1 saturated heterocycles. The maximum atomic E-state index is 12.4. The molecule has 23 heavy (non-hydrogen) atoms. The van der Waals surface area contributed by atoms with Crippen molar-refractivity contribution in [2.45, 2.75) is 58.0 Å². The smallest absolute Gasteiger partial charge is 0.324 e. The zero-order chi connectivity index (χ0) is 17.3. The zero-order valence-electron chi connectivity index (χ0n) is 14.3. The number of carbonyl (C=O) groups excluding carboxylic acids is 3. The largest absolute Gasteiger partial charge is 0.468 e. The van der Waals surface area contributed by atoms with Crippen molar-refractivity contribution in [1.82, 2.24) is 0 Å². The Kier molecular flexibility index (Phi) is 5.01. The number of rotatable bonds is 7. The van der Waals surface area contributed by atoms with E-state index >= 15 is 0 Å². The summed E-state index contributed by atoms with van der Waals surface area (Å²) in [6, 6.07) is 0. The molecule has 2 aliphatic rings. The standard InChI is InChI=1S/C17H26O6/c1-5-6-7-8-9-11-10-17(14(19)21-3,15(20)22-4)12-13(18)23-16(11,12)2/h11-12H,5-10H2,1-4H3/t11-,12-,16-/m0/s1. The molecule has 0 aromatic heterocycles. The summed E-state index contributed by atoms with van der Waals surface area (Å²) >= 11 is 0. The average Bonchev–Trinajstić information content (AvgIpc) is 2.74. The van der Waals surface area contributed by atoms with Crippen molar-refractivity contribution in [2.24, 2.45) is 17.3 Å². The average molecular weight is 326 g/mol. The molecular formula is C17H26O6. The van der Waals surface area contributed by atoms with Crippen LogP contribution in [0.1, 0.15) is 52.4 Å². The molecule has 2 fully saturated rings. The van der Waals surface area contributed by atoms with Gasteiger partial charge in [0, 0.05) is 5.92 Å². The van der Waals surface area contributed by atoms with Crippen LogP contribution < -0.4 is 0 Å². The monoisotopic (exact) mass is 326 g/mol. The number of hydrogen-bond donors (Lipinski definition) is 0. The van der Waals surface area contributed by atoms with Gasteiger partial charge in [-0.05, 0) is 19.8 Å². The maximum Gasteiger partial charge on any atom is 0.324 e. The van der Waals surface area contributed by atoms with Crippen molar-refractivity contribution >= 4 is 17.9 Å². The molecule has 1 aliphatic carbocycles. The molecule has 130 valence electrons. The summed E-state index contributed by atoms with van der Waals surface area (Å²) in [4.78, 5) is 36.9. The van der Waals surface area contributed by atoms with Crippen LogP contribution in [0.15, 0.2) is 0 Å². The molecule has 3 atom stereocenters. The Balaban J connectivity index is 2.28. The number of carbonyl (C=O) groups is 3.